The molecular weight excluding hydrogens is 186 g/mol. The fourth-order valence-corrected chi connectivity index (χ4v) is 0.998. The van der Waals surface area contributed by atoms with Crippen molar-refractivity contribution >= 4 is 11.5 Å². The van der Waals surface area contributed by atoms with Crippen molar-refractivity contribution in [1.29, 1.82) is 0 Å². The van der Waals surface area contributed by atoms with Gasteiger partial charge in [-0.2, -0.15) is 0 Å². The van der Waals surface area contributed by atoms with Crippen molar-refractivity contribution in [3.63, 3.8) is 0 Å². The molecule has 0 aromatic carbocycles. The maximum Gasteiger partial charge on any atom is 0.203 e. The Morgan fingerprint density at radius 2 is 1.93 bits per heavy atom. The lowest BCUT2D eigenvalue weighted by atomic mass is 9.83. The number of allylic oxidation sites excluding steroid dienone is 2. The quantitative estimate of drug-likeness (QED) is 0.503. The number of ketones is 1. The number of hydrogen-bond acceptors (Lipinski definition) is 2. The summed E-state index contributed by atoms with van der Waals surface area (Å²) in [7, 11) is 0. The van der Waals surface area contributed by atoms with Gasteiger partial charge in [0, 0.05) is 6.54 Å². The molecule has 0 atom stereocenters. The molecule has 0 aliphatic carbocycles. The van der Waals surface area contributed by atoms with Gasteiger partial charge in [0.25, 0.3) is 0 Å². The summed E-state index contributed by atoms with van der Waals surface area (Å²) < 4.78 is 0. The lowest BCUT2D eigenvalue weighted by Crippen LogP contribution is -2.23. The fraction of sp³-hybridized carbons (Fsp3) is 0.538. The highest BCUT2D eigenvalue weighted by Gasteiger charge is 2.22. The molecule has 2 heteroatoms. The van der Waals surface area contributed by atoms with E-state index in [2.05, 4.69) is 18.2 Å². The third-order valence-corrected chi connectivity index (χ3v) is 2.10. The van der Waals surface area contributed by atoms with Crippen LogP contribution in [0, 0.1) is 5.41 Å². The zero-order valence-corrected chi connectivity index (χ0v) is 10.3. The largest absolute Gasteiger partial charge is 0.288 e. The molecule has 2 nitrogen and oxygen atoms in total. The van der Waals surface area contributed by atoms with Crippen LogP contribution in [0.25, 0.3) is 0 Å². The maximum atomic E-state index is 11.6. The van der Waals surface area contributed by atoms with Gasteiger partial charge in [-0.3, -0.25) is 9.79 Å². The highest BCUT2D eigenvalue weighted by atomic mass is 16.1. The van der Waals surface area contributed by atoms with Crippen molar-refractivity contribution in [1.82, 2.24) is 0 Å². The first kappa shape index (κ1) is 13.8. The van der Waals surface area contributed by atoms with Gasteiger partial charge in [0.15, 0.2) is 0 Å². The van der Waals surface area contributed by atoms with E-state index in [9.17, 15) is 4.79 Å². The summed E-state index contributed by atoms with van der Waals surface area (Å²) in [5, 5.41) is 0. The predicted molar refractivity (Wildman–Crippen MR) is 66.4 cm³/mol. The van der Waals surface area contributed by atoms with Gasteiger partial charge in [-0.15, -0.1) is 0 Å². The van der Waals surface area contributed by atoms with Crippen molar-refractivity contribution in [2.45, 2.75) is 34.1 Å². The van der Waals surface area contributed by atoms with Crippen molar-refractivity contribution < 1.29 is 4.79 Å². The van der Waals surface area contributed by atoms with Gasteiger partial charge in [0.2, 0.25) is 5.78 Å². The monoisotopic (exact) mass is 207 g/mol. The van der Waals surface area contributed by atoms with Crippen LogP contribution in [0.5, 0.6) is 0 Å². The Morgan fingerprint density at radius 3 is 2.27 bits per heavy atom. The second-order valence-corrected chi connectivity index (χ2v) is 4.53. The van der Waals surface area contributed by atoms with E-state index in [1.165, 1.54) is 6.08 Å². The SMILES string of the molecule is C=CC(=O)C(=NCCC)C(=C)C(C)(C)C. The highest BCUT2D eigenvalue weighted by molar-refractivity contribution is 6.49. The minimum Gasteiger partial charge on any atom is -0.288 e. The van der Waals surface area contributed by atoms with Gasteiger partial charge in [-0.25, -0.2) is 0 Å². The van der Waals surface area contributed by atoms with Gasteiger partial charge in [-0.05, 0) is 23.5 Å². The Kier molecular flexibility index (Phi) is 5.20. The Labute approximate surface area is 92.8 Å². The van der Waals surface area contributed by atoms with Crippen molar-refractivity contribution in [2.24, 2.45) is 10.4 Å². The number of nitrogens with zero attached hydrogens (tertiary/aromatic N) is 1. The molecule has 0 radical (unpaired) electrons. The number of carbonyl (C=O) groups excluding carboxylic acids is 1. The van der Waals surface area contributed by atoms with Crippen LogP contribution in [0.2, 0.25) is 0 Å². The van der Waals surface area contributed by atoms with Crippen LogP contribution in [-0.2, 0) is 4.79 Å². The van der Waals surface area contributed by atoms with E-state index >= 15 is 0 Å². The van der Waals surface area contributed by atoms with Crippen LogP contribution < -0.4 is 0 Å². The molecule has 84 valence electrons. The Balaban J connectivity index is 5.04. The topological polar surface area (TPSA) is 29.4 Å². The van der Waals surface area contributed by atoms with Crippen molar-refractivity contribution in [3.8, 4) is 0 Å². The molecule has 0 heterocycles. The Hall–Kier alpha value is -1.18. The number of rotatable bonds is 5. The Bertz CT molecular complexity index is 292. The van der Waals surface area contributed by atoms with E-state index in [0.717, 1.165) is 12.0 Å². The van der Waals surface area contributed by atoms with Crippen LogP contribution in [-0.4, -0.2) is 18.0 Å². The van der Waals surface area contributed by atoms with Crippen LogP contribution in [0.1, 0.15) is 34.1 Å². The minimum absolute atomic E-state index is 0.134. The first-order chi connectivity index (χ1) is 6.84. The van der Waals surface area contributed by atoms with Gasteiger partial charge in [0.1, 0.15) is 5.71 Å². The highest BCUT2D eigenvalue weighted by Crippen LogP contribution is 2.25. The fourth-order valence-electron chi connectivity index (χ4n) is 0.998. The van der Waals surface area contributed by atoms with E-state index in [1.807, 2.05) is 27.7 Å². The maximum absolute atomic E-state index is 11.6. The van der Waals surface area contributed by atoms with Crippen LogP contribution in [0.15, 0.2) is 29.8 Å². The second-order valence-electron chi connectivity index (χ2n) is 4.53. The summed E-state index contributed by atoms with van der Waals surface area (Å²) in [5.41, 5.74) is 1.12. The van der Waals surface area contributed by atoms with Crippen molar-refractivity contribution in [3.05, 3.63) is 24.8 Å². The zero-order valence-electron chi connectivity index (χ0n) is 10.3. The van der Waals surface area contributed by atoms with E-state index in [-0.39, 0.29) is 11.2 Å². The molecule has 0 aromatic heterocycles. The molecule has 0 saturated heterocycles. The number of aliphatic imine (C=N–C) groups is 1. The first-order valence-corrected chi connectivity index (χ1v) is 5.25. The smallest absolute Gasteiger partial charge is 0.203 e. The third-order valence-electron chi connectivity index (χ3n) is 2.10. The van der Waals surface area contributed by atoms with Crippen LogP contribution >= 0.6 is 0 Å². The van der Waals surface area contributed by atoms with E-state index in [1.54, 1.807) is 0 Å². The normalized spacial score (nSPS) is 12.4. The van der Waals surface area contributed by atoms with E-state index in [4.69, 9.17) is 0 Å². The molecule has 0 amide bonds. The molecule has 0 N–H and O–H groups in total. The predicted octanol–water partition coefficient (Wildman–Crippen LogP) is 3.19. The van der Waals surface area contributed by atoms with E-state index < -0.39 is 0 Å². The summed E-state index contributed by atoms with van der Waals surface area (Å²) in [6.45, 7) is 16.2. The average Bonchev–Trinajstić information content (AvgIpc) is 2.16. The zero-order chi connectivity index (χ0) is 12.1. The molecule has 0 aliphatic rings. The summed E-state index contributed by atoms with van der Waals surface area (Å²) >= 11 is 0. The first-order valence-electron chi connectivity index (χ1n) is 5.25. The van der Waals surface area contributed by atoms with Gasteiger partial charge < -0.3 is 0 Å². The molecule has 0 unspecified atom stereocenters. The molecule has 0 bridgehead atoms. The molecule has 0 aliphatic heterocycles. The molecule has 0 spiro atoms. The van der Waals surface area contributed by atoms with E-state index in [0.29, 0.717) is 12.3 Å². The summed E-state index contributed by atoms with van der Waals surface area (Å²) in [4.78, 5) is 15.9. The summed E-state index contributed by atoms with van der Waals surface area (Å²) in [6, 6.07) is 0. The summed E-state index contributed by atoms with van der Waals surface area (Å²) in [5.74, 6) is -0.136. The number of hydrogen-bond donors (Lipinski definition) is 0. The molecule has 0 rings (SSSR count). The average molecular weight is 207 g/mol. The number of carbonyl (C=O) groups is 1. The summed E-state index contributed by atoms with van der Waals surface area (Å²) in [6.07, 6.45) is 2.22. The van der Waals surface area contributed by atoms with Crippen molar-refractivity contribution in [2.75, 3.05) is 6.54 Å². The third kappa shape index (κ3) is 4.24. The minimum atomic E-state index is -0.136. The van der Waals surface area contributed by atoms with Gasteiger partial charge in [-0.1, -0.05) is 40.9 Å². The standard InChI is InChI=1S/C13H21NO/c1-7-9-14-12(11(15)8-2)10(3)13(4,5)6/h8H,2-3,7,9H2,1,4-6H3. The molecule has 15 heavy (non-hydrogen) atoms. The van der Waals surface area contributed by atoms with Gasteiger partial charge in [0.05, 0.1) is 0 Å². The lowest BCUT2D eigenvalue weighted by molar-refractivity contribution is -0.108. The molecule has 0 aromatic rings. The lowest BCUT2D eigenvalue weighted by Gasteiger charge is -2.22. The van der Waals surface area contributed by atoms with Crippen LogP contribution in [0.4, 0.5) is 0 Å². The van der Waals surface area contributed by atoms with Crippen LogP contribution in [0.3, 0.4) is 0 Å². The Morgan fingerprint density at radius 1 is 1.40 bits per heavy atom. The molecule has 0 fully saturated rings. The molecular formula is C13H21NO. The second kappa shape index (κ2) is 5.64. The van der Waals surface area contributed by atoms with Gasteiger partial charge >= 0.3 is 0 Å². The molecule has 0 saturated carbocycles.